The average Bonchev–Trinajstić information content (AvgIpc) is 3.02. The summed E-state index contributed by atoms with van der Waals surface area (Å²) in [6.07, 6.45) is 4.40. The van der Waals surface area contributed by atoms with Crippen LogP contribution in [0.2, 0.25) is 0 Å². The van der Waals surface area contributed by atoms with Gasteiger partial charge in [-0.1, -0.05) is 18.5 Å². The molecular weight excluding hydrogens is 361 g/mol. The molecule has 3 aromatic heterocycles. The number of nitrogens with zero attached hydrogens (tertiary/aromatic N) is 4. The van der Waals surface area contributed by atoms with Crippen LogP contribution >= 0.6 is 18.5 Å². The average molecular weight is 376 g/mol. The number of hydrogen-bond acceptors (Lipinski definition) is 5. The molecule has 0 fully saturated rings. The zero-order valence-corrected chi connectivity index (χ0v) is 15.3. The molecule has 0 saturated carbocycles. The maximum Gasteiger partial charge on any atom is 0.272 e. The highest BCUT2D eigenvalue weighted by molar-refractivity contribution is 7.38. The third-order valence-electron chi connectivity index (χ3n) is 3.50. The fourth-order valence-electron chi connectivity index (χ4n) is 2.28. The van der Waals surface area contributed by atoms with Crippen LogP contribution in [0.4, 0.5) is 10.1 Å². The number of pyridine rings is 1. The zero-order valence-electron chi connectivity index (χ0n) is 13.0. The summed E-state index contributed by atoms with van der Waals surface area (Å²) in [6.45, 7) is 3.67. The Morgan fingerprint density at radius 1 is 1.40 bits per heavy atom. The molecule has 3 rings (SSSR count). The fraction of sp³-hybridized carbons (Fsp3) is 0.133. The molecule has 2 N–H and O–H groups in total. The van der Waals surface area contributed by atoms with Crippen LogP contribution in [0.5, 0.6) is 0 Å². The minimum Gasteiger partial charge on any atom is -0.356 e. The fourth-order valence-corrected chi connectivity index (χ4v) is 2.59. The lowest BCUT2D eigenvalue weighted by Crippen LogP contribution is -2.24. The van der Waals surface area contributed by atoms with Gasteiger partial charge in [0.15, 0.2) is 10.8 Å². The van der Waals surface area contributed by atoms with E-state index in [2.05, 4.69) is 55.4 Å². The van der Waals surface area contributed by atoms with E-state index >= 15 is 0 Å². The molecule has 3 aromatic rings. The molecule has 128 valence electrons. The molecule has 0 bridgehead atoms. The highest BCUT2D eigenvalue weighted by Gasteiger charge is 2.21. The Morgan fingerprint density at radius 2 is 2.20 bits per heavy atom. The molecule has 10 heteroatoms. The highest BCUT2D eigenvalue weighted by atomic mass is 31.1. The van der Waals surface area contributed by atoms with Gasteiger partial charge in [-0.3, -0.25) is 14.8 Å². The predicted molar refractivity (Wildman–Crippen MR) is 101 cm³/mol. The molecule has 0 saturated heterocycles. The van der Waals surface area contributed by atoms with E-state index in [9.17, 15) is 9.18 Å². The van der Waals surface area contributed by atoms with Gasteiger partial charge in [0.05, 0.1) is 11.2 Å². The number of alkyl halides is 1. The van der Waals surface area contributed by atoms with Crippen molar-refractivity contribution in [1.82, 2.24) is 25.3 Å². The van der Waals surface area contributed by atoms with Gasteiger partial charge in [0.2, 0.25) is 0 Å². The number of carbonyl (C=O) groups is 1. The SMILES string of the molecule is C=Nc1c[nH]c2c(C(=O)NCc3ccnc(C(F)(P)P)c3)ncnc12. The lowest BCUT2D eigenvalue weighted by Gasteiger charge is -2.14. The molecule has 1 amide bonds. The predicted octanol–water partition coefficient (Wildman–Crippen LogP) is 2.45. The molecule has 2 atom stereocenters. The summed E-state index contributed by atoms with van der Waals surface area (Å²) in [5, 5.41) is 1.04. The summed E-state index contributed by atoms with van der Waals surface area (Å²) >= 11 is 0. The smallest absolute Gasteiger partial charge is 0.272 e. The molecule has 2 unspecified atom stereocenters. The maximum absolute atomic E-state index is 13.9. The Balaban J connectivity index is 1.80. The largest absolute Gasteiger partial charge is 0.356 e. The number of hydrogen-bond donors (Lipinski definition) is 2. The third-order valence-corrected chi connectivity index (χ3v) is 4.09. The van der Waals surface area contributed by atoms with Crippen LogP contribution < -0.4 is 5.32 Å². The van der Waals surface area contributed by atoms with E-state index in [4.69, 9.17) is 0 Å². The van der Waals surface area contributed by atoms with Crippen LogP contribution in [0.1, 0.15) is 21.7 Å². The summed E-state index contributed by atoms with van der Waals surface area (Å²) in [5.74, 6) is -0.383. The molecule has 0 aliphatic heterocycles. The standard InChI is InChI=1S/C15H15FN6OP2/c1-17-9-6-19-12-11(9)21-7-22-13(12)14(23)20-5-8-2-3-18-10(4-8)15(16,24)25/h2-4,6-7,19H,1,5,24-25H2,(H,20,23). The Morgan fingerprint density at radius 3 is 2.92 bits per heavy atom. The van der Waals surface area contributed by atoms with Gasteiger partial charge in [-0.25, -0.2) is 14.4 Å². The number of rotatable bonds is 5. The number of aromatic amines is 1. The number of aliphatic imine (C=N–C) groups is 1. The van der Waals surface area contributed by atoms with E-state index in [-0.39, 0.29) is 23.8 Å². The first-order chi connectivity index (χ1) is 11.9. The summed E-state index contributed by atoms with van der Waals surface area (Å²) in [4.78, 5) is 31.3. The first-order valence-electron chi connectivity index (χ1n) is 7.19. The number of carbonyl (C=O) groups excluding carboxylic acids is 1. The maximum atomic E-state index is 13.9. The summed E-state index contributed by atoms with van der Waals surface area (Å²) < 4.78 is 13.9. The van der Waals surface area contributed by atoms with Crippen LogP contribution in [0.3, 0.4) is 0 Å². The van der Waals surface area contributed by atoms with E-state index in [1.807, 2.05) is 0 Å². The van der Waals surface area contributed by atoms with Crippen molar-refractivity contribution in [2.75, 3.05) is 0 Å². The van der Waals surface area contributed by atoms with Gasteiger partial charge >= 0.3 is 0 Å². The van der Waals surface area contributed by atoms with Crippen LogP contribution in [0, 0.1) is 0 Å². The molecule has 0 aliphatic carbocycles. The number of aromatic nitrogens is 4. The van der Waals surface area contributed by atoms with E-state index in [1.165, 1.54) is 12.5 Å². The normalized spacial score (nSPS) is 11.5. The Bertz CT molecular complexity index is 953. The quantitative estimate of drug-likeness (QED) is 0.528. The second kappa shape index (κ2) is 6.90. The van der Waals surface area contributed by atoms with Gasteiger partial charge in [0, 0.05) is 18.9 Å². The third kappa shape index (κ3) is 3.70. The number of amides is 1. The minimum absolute atomic E-state index is 0.200. The topological polar surface area (TPSA) is 95.9 Å². The second-order valence-electron chi connectivity index (χ2n) is 5.28. The van der Waals surface area contributed by atoms with Crippen molar-refractivity contribution < 1.29 is 9.18 Å². The lowest BCUT2D eigenvalue weighted by atomic mass is 10.2. The van der Waals surface area contributed by atoms with Gasteiger partial charge < -0.3 is 10.3 Å². The van der Waals surface area contributed by atoms with Crippen molar-refractivity contribution >= 4 is 47.8 Å². The number of nitrogens with one attached hydrogen (secondary N) is 2. The number of H-pyrrole nitrogens is 1. The summed E-state index contributed by atoms with van der Waals surface area (Å²) in [6, 6.07) is 3.29. The van der Waals surface area contributed by atoms with Crippen molar-refractivity contribution in [3.63, 3.8) is 0 Å². The molecule has 7 nitrogen and oxygen atoms in total. The van der Waals surface area contributed by atoms with Crippen molar-refractivity contribution in [3.05, 3.63) is 47.8 Å². The molecule has 25 heavy (non-hydrogen) atoms. The van der Waals surface area contributed by atoms with Gasteiger partial charge in [-0.05, 0) is 24.4 Å². The molecular formula is C15H15FN6OP2. The number of halogens is 1. The van der Waals surface area contributed by atoms with Crippen LogP contribution in [-0.2, 0) is 11.7 Å². The van der Waals surface area contributed by atoms with E-state index < -0.39 is 5.15 Å². The van der Waals surface area contributed by atoms with Crippen molar-refractivity contribution in [1.29, 1.82) is 0 Å². The summed E-state index contributed by atoms with van der Waals surface area (Å²) in [5.41, 5.74) is 2.71. The molecule has 0 aromatic carbocycles. The molecule has 0 radical (unpaired) electrons. The minimum atomic E-state index is -1.71. The first-order valence-corrected chi connectivity index (χ1v) is 8.34. The Hall–Kier alpha value is -2.30. The van der Waals surface area contributed by atoms with Gasteiger partial charge in [-0.15, -0.1) is 0 Å². The van der Waals surface area contributed by atoms with E-state index in [0.29, 0.717) is 16.7 Å². The number of fused-ring (bicyclic) bond motifs is 1. The van der Waals surface area contributed by atoms with Gasteiger partial charge in [0.25, 0.3) is 5.91 Å². The highest BCUT2D eigenvalue weighted by Crippen LogP contribution is 2.38. The lowest BCUT2D eigenvalue weighted by molar-refractivity contribution is 0.0947. The zero-order chi connectivity index (χ0) is 18.0. The van der Waals surface area contributed by atoms with Crippen LogP contribution in [-0.4, -0.2) is 32.6 Å². The molecule has 0 aliphatic rings. The van der Waals surface area contributed by atoms with Crippen LogP contribution in [0.25, 0.3) is 11.0 Å². The Kier molecular flexibility index (Phi) is 4.84. The first kappa shape index (κ1) is 17.5. The van der Waals surface area contributed by atoms with E-state index in [1.54, 1.807) is 18.3 Å². The molecule has 0 spiro atoms. The van der Waals surface area contributed by atoms with Gasteiger partial charge in [0.1, 0.15) is 17.5 Å². The van der Waals surface area contributed by atoms with Crippen molar-refractivity contribution in [2.45, 2.75) is 11.7 Å². The van der Waals surface area contributed by atoms with Crippen LogP contribution in [0.15, 0.2) is 35.8 Å². The van der Waals surface area contributed by atoms with E-state index in [0.717, 1.165) is 5.56 Å². The Labute approximate surface area is 147 Å². The summed E-state index contributed by atoms with van der Waals surface area (Å²) in [7, 11) is 4.12. The van der Waals surface area contributed by atoms with Crippen molar-refractivity contribution in [3.8, 4) is 0 Å². The van der Waals surface area contributed by atoms with Crippen molar-refractivity contribution in [2.24, 2.45) is 4.99 Å². The second-order valence-corrected chi connectivity index (χ2v) is 7.63. The molecule has 3 heterocycles. The monoisotopic (exact) mass is 376 g/mol. The van der Waals surface area contributed by atoms with Gasteiger partial charge in [-0.2, -0.15) is 0 Å².